The molecule has 0 saturated carbocycles. The minimum Gasteiger partial charge on any atom is -0.497 e. The largest absolute Gasteiger partial charge is 0.497 e. The third kappa shape index (κ3) is 3.06. The molecule has 1 aromatic heterocycles. The Labute approximate surface area is 127 Å². The van der Waals surface area contributed by atoms with Gasteiger partial charge in [-0.05, 0) is 35.9 Å². The highest BCUT2D eigenvalue weighted by atomic mass is 35.5. The first-order chi connectivity index (χ1) is 10.3. The maximum Gasteiger partial charge on any atom is 0.118 e. The summed E-state index contributed by atoms with van der Waals surface area (Å²) in [4.78, 5) is 0. The number of hydrogen-bond acceptors (Lipinski definition) is 3. The second-order valence-electron chi connectivity index (χ2n) is 4.62. The molecule has 2 aromatic carbocycles. The molecule has 0 aliphatic heterocycles. The lowest BCUT2D eigenvalue weighted by Crippen LogP contribution is -2.00. The van der Waals surface area contributed by atoms with E-state index < -0.39 is 0 Å². The molecular weight excluding hydrogens is 286 g/mol. The molecule has 0 radical (unpaired) electrons. The van der Waals surface area contributed by atoms with E-state index in [0.717, 1.165) is 27.6 Å². The van der Waals surface area contributed by atoms with Crippen molar-refractivity contribution in [1.82, 2.24) is 15.0 Å². The molecule has 106 valence electrons. The number of ether oxygens (including phenoxy) is 1. The number of halogens is 1. The summed E-state index contributed by atoms with van der Waals surface area (Å²) < 4.78 is 6.93. The molecule has 0 atom stereocenters. The average Bonchev–Trinajstić information content (AvgIpc) is 2.98. The van der Waals surface area contributed by atoms with Gasteiger partial charge in [0.1, 0.15) is 11.4 Å². The fourth-order valence-corrected chi connectivity index (χ4v) is 2.27. The predicted molar refractivity (Wildman–Crippen MR) is 82.6 cm³/mol. The van der Waals surface area contributed by atoms with E-state index in [-0.39, 0.29) is 0 Å². The maximum atomic E-state index is 6.16. The van der Waals surface area contributed by atoms with Gasteiger partial charge in [0.15, 0.2) is 0 Å². The van der Waals surface area contributed by atoms with E-state index in [4.69, 9.17) is 16.3 Å². The number of rotatable bonds is 4. The average molecular weight is 300 g/mol. The van der Waals surface area contributed by atoms with Crippen molar-refractivity contribution in [3.05, 3.63) is 65.3 Å². The van der Waals surface area contributed by atoms with E-state index in [1.54, 1.807) is 11.8 Å². The Kier molecular flexibility index (Phi) is 3.88. The van der Waals surface area contributed by atoms with E-state index in [0.29, 0.717) is 6.54 Å². The third-order valence-electron chi connectivity index (χ3n) is 3.21. The van der Waals surface area contributed by atoms with Crippen molar-refractivity contribution in [3.63, 3.8) is 0 Å². The predicted octanol–water partition coefficient (Wildman–Crippen LogP) is 3.66. The molecule has 3 rings (SSSR count). The molecule has 5 heteroatoms. The van der Waals surface area contributed by atoms with Gasteiger partial charge < -0.3 is 4.74 Å². The second kappa shape index (κ2) is 5.97. The Morgan fingerprint density at radius 1 is 1.10 bits per heavy atom. The maximum absolute atomic E-state index is 6.16. The van der Waals surface area contributed by atoms with Crippen LogP contribution in [0, 0.1) is 0 Å². The Hall–Kier alpha value is -2.33. The number of hydrogen-bond donors (Lipinski definition) is 0. The van der Waals surface area contributed by atoms with Crippen molar-refractivity contribution in [1.29, 1.82) is 0 Å². The summed E-state index contributed by atoms with van der Waals surface area (Å²) in [5, 5.41) is 9.08. The highest BCUT2D eigenvalue weighted by molar-refractivity contribution is 6.31. The molecule has 0 spiro atoms. The monoisotopic (exact) mass is 299 g/mol. The van der Waals surface area contributed by atoms with Crippen molar-refractivity contribution in [2.24, 2.45) is 0 Å². The first-order valence-electron chi connectivity index (χ1n) is 6.54. The third-order valence-corrected chi connectivity index (χ3v) is 3.58. The summed E-state index contributed by atoms with van der Waals surface area (Å²) in [7, 11) is 1.65. The normalized spacial score (nSPS) is 10.6. The molecule has 0 saturated heterocycles. The molecule has 21 heavy (non-hydrogen) atoms. The molecular formula is C16H14ClN3O. The molecule has 1 heterocycles. The van der Waals surface area contributed by atoms with Crippen molar-refractivity contribution >= 4 is 11.6 Å². The van der Waals surface area contributed by atoms with Crippen molar-refractivity contribution in [3.8, 4) is 17.0 Å². The van der Waals surface area contributed by atoms with Crippen LogP contribution in [0.25, 0.3) is 11.3 Å². The first kappa shape index (κ1) is 13.6. The number of aromatic nitrogens is 3. The standard InChI is InChI=1S/C16H14ClN3O/c1-21-14-8-6-12(7-9-14)16-11-20(19-18-16)10-13-4-2-3-5-15(13)17/h2-9,11H,10H2,1H3. The molecule has 4 nitrogen and oxygen atoms in total. The highest BCUT2D eigenvalue weighted by Crippen LogP contribution is 2.21. The minimum absolute atomic E-state index is 0.600. The smallest absolute Gasteiger partial charge is 0.118 e. The number of methoxy groups -OCH3 is 1. The Morgan fingerprint density at radius 2 is 1.86 bits per heavy atom. The van der Waals surface area contributed by atoms with Crippen LogP contribution >= 0.6 is 11.6 Å². The van der Waals surface area contributed by atoms with Gasteiger partial charge >= 0.3 is 0 Å². The fraction of sp³-hybridized carbons (Fsp3) is 0.125. The van der Waals surface area contributed by atoms with Gasteiger partial charge in [-0.2, -0.15) is 0 Å². The van der Waals surface area contributed by atoms with Crippen LogP contribution in [-0.2, 0) is 6.54 Å². The molecule has 0 aliphatic rings. The zero-order valence-electron chi connectivity index (χ0n) is 11.5. The van der Waals surface area contributed by atoms with E-state index in [2.05, 4.69) is 10.3 Å². The molecule has 0 N–H and O–H groups in total. The number of benzene rings is 2. The van der Waals surface area contributed by atoms with Crippen molar-refractivity contribution < 1.29 is 4.74 Å². The van der Waals surface area contributed by atoms with Crippen LogP contribution in [-0.4, -0.2) is 22.1 Å². The van der Waals surface area contributed by atoms with Gasteiger partial charge in [-0.3, -0.25) is 0 Å². The van der Waals surface area contributed by atoms with Crippen LogP contribution < -0.4 is 4.74 Å². The summed E-state index contributed by atoms with van der Waals surface area (Å²) in [6.07, 6.45) is 1.91. The van der Waals surface area contributed by atoms with Crippen molar-refractivity contribution in [2.45, 2.75) is 6.54 Å². The van der Waals surface area contributed by atoms with Gasteiger partial charge in [0, 0.05) is 10.6 Å². The van der Waals surface area contributed by atoms with Gasteiger partial charge in [-0.15, -0.1) is 5.10 Å². The Morgan fingerprint density at radius 3 is 2.57 bits per heavy atom. The van der Waals surface area contributed by atoms with Crippen LogP contribution in [0.3, 0.4) is 0 Å². The summed E-state index contributed by atoms with van der Waals surface area (Å²) in [6, 6.07) is 15.5. The Bertz CT molecular complexity index is 737. The number of nitrogens with zero attached hydrogens (tertiary/aromatic N) is 3. The van der Waals surface area contributed by atoms with E-state index in [1.807, 2.05) is 54.7 Å². The molecule has 0 bridgehead atoms. The molecule has 0 unspecified atom stereocenters. The van der Waals surface area contributed by atoms with Gasteiger partial charge in [0.05, 0.1) is 19.9 Å². The summed E-state index contributed by atoms with van der Waals surface area (Å²) in [6.45, 7) is 0.600. The van der Waals surface area contributed by atoms with Gasteiger partial charge in [-0.1, -0.05) is 35.0 Å². The first-order valence-corrected chi connectivity index (χ1v) is 6.92. The van der Waals surface area contributed by atoms with Crippen LogP contribution in [0.5, 0.6) is 5.75 Å². The summed E-state index contributed by atoms with van der Waals surface area (Å²) >= 11 is 6.16. The zero-order valence-corrected chi connectivity index (χ0v) is 12.3. The minimum atomic E-state index is 0.600. The SMILES string of the molecule is COc1ccc(-c2cn(Cc3ccccc3Cl)nn2)cc1. The second-order valence-corrected chi connectivity index (χ2v) is 5.03. The van der Waals surface area contributed by atoms with Crippen LogP contribution in [0.15, 0.2) is 54.7 Å². The summed E-state index contributed by atoms with van der Waals surface area (Å²) in [5.41, 5.74) is 2.84. The van der Waals surface area contributed by atoms with E-state index in [1.165, 1.54) is 0 Å². The molecule has 0 aliphatic carbocycles. The topological polar surface area (TPSA) is 39.9 Å². The zero-order chi connectivity index (χ0) is 14.7. The van der Waals surface area contributed by atoms with Crippen molar-refractivity contribution in [2.75, 3.05) is 7.11 Å². The van der Waals surface area contributed by atoms with Gasteiger partial charge in [0.2, 0.25) is 0 Å². The van der Waals surface area contributed by atoms with Gasteiger partial charge in [-0.25, -0.2) is 4.68 Å². The van der Waals surface area contributed by atoms with E-state index in [9.17, 15) is 0 Å². The lowest BCUT2D eigenvalue weighted by Gasteiger charge is -2.03. The van der Waals surface area contributed by atoms with Gasteiger partial charge in [0.25, 0.3) is 0 Å². The summed E-state index contributed by atoms with van der Waals surface area (Å²) in [5.74, 6) is 0.821. The van der Waals surface area contributed by atoms with Crippen LogP contribution in [0.1, 0.15) is 5.56 Å². The lowest BCUT2D eigenvalue weighted by molar-refractivity contribution is 0.415. The van der Waals surface area contributed by atoms with Crippen LogP contribution in [0.2, 0.25) is 5.02 Å². The molecule has 0 amide bonds. The molecule has 3 aromatic rings. The highest BCUT2D eigenvalue weighted by Gasteiger charge is 2.06. The Balaban J connectivity index is 1.81. The fourth-order valence-electron chi connectivity index (χ4n) is 2.07. The lowest BCUT2D eigenvalue weighted by atomic mass is 10.1. The molecule has 0 fully saturated rings. The van der Waals surface area contributed by atoms with Crippen LogP contribution in [0.4, 0.5) is 0 Å². The van der Waals surface area contributed by atoms with E-state index >= 15 is 0 Å². The quantitative estimate of drug-likeness (QED) is 0.738.